The molecule has 0 aliphatic heterocycles. The molecular formula is C37H42. The molecule has 0 spiro atoms. The molecule has 0 nitrogen and oxygen atoms in total. The van der Waals surface area contributed by atoms with Gasteiger partial charge in [0.1, 0.15) is 0 Å². The van der Waals surface area contributed by atoms with E-state index in [0.717, 1.165) is 35.5 Å². The quantitative estimate of drug-likeness (QED) is 0.348. The number of fused-ring (bicyclic) bond motifs is 2. The van der Waals surface area contributed by atoms with Gasteiger partial charge in [0.15, 0.2) is 0 Å². The van der Waals surface area contributed by atoms with Crippen molar-refractivity contribution in [1.82, 2.24) is 0 Å². The molecule has 0 heterocycles. The van der Waals surface area contributed by atoms with Crippen molar-refractivity contribution in [2.75, 3.05) is 0 Å². The van der Waals surface area contributed by atoms with Gasteiger partial charge in [0.05, 0.1) is 0 Å². The Bertz CT molecular complexity index is 1170. The Hall–Kier alpha value is -2.08. The Labute approximate surface area is 223 Å². The van der Waals surface area contributed by atoms with E-state index in [0.29, 0.717) is 17.3 Å². The third-order valence-electron chi connectivity index (χ3n) is 11.9. The van der Waals surface area contributed by atoms with E-state index in [2.05, 4.69) is 60.7 Å². The highest BCUT2D eigenvalue weighted by molar-refractivity contribution is 5.80. The lowest BCUT2D eigenvalue weighted by atomic mass is 9.62. The van der Waals surface area contributed by atoms with Crippen molar-refractivity contribution in [2.45, 2.75) is 88.9 Å². The second-order valence-electron chi connectivity index (χ2n) is 14.2. The molecule has 190 valence electrons. The summed E-state index contributed by atoms with van der Waals surface area (Å²) in [6.45, 7) is 0. The van der Waals surface area contributed by atoms with E-state index in [1.165, 1.54) is 77.0 Å². The molecule has 0 amide bonds. The Morgan fingerprint density at radius 3 is 1.27 bits per heavy atom. The predicted molar refractivity (Wildman–Crippen MR) is 153 cm³/mol. The molecule has 5 saturated carbocycles. The van der Waals surface area contributed by atoms with Crippen molar-refractivity contribution in [3.8, 4) is 0 Å². The molecule has 0 aromatic heterocycles. The third-order valence-corrected chi connectivity index (χ3v) is 11.9. The summed E-state index contributed by atoms with van der Waals surface area (Å²) in [7, 11) is 0. The van der Waals surface area contributed by atoms with Crippen LogP contribution in [0.1, 0.15) is 111 Å². The first-order chi connectivity index (χ1) is 18.3. The highest BCUT2D eigenvalue weighted by Gasteiger charge is 2.54. The first-order valence-corrected chi connectivity index (χ1v) is 15.9. The molecule has 7 aliphatic rings. The maximum Gasteiger partial charge on any atom is 0.00954 e. The van der Waals surface area contributed by atoms with Crippen LogP contribution in [0.3, 0.4) is 0 Å². The van der Waals surface area contributed by atoms with Gasteiger partial charge in [-0.25, -0.2) is 0 Å². The molecule has 0 bridgehead atoms. The minimum absolute atomic E-state index is 0.352. The van der Waals surface area contributed by atoms with Crippen molar-refractivity contribution < 1.29 is 0 Å². The van der Waals surface area contributed by atoms with E-state index in [9.17, 15) is 0 Å². The number of rotatable bonds is 8. The van der Waals surface area contributed by atoms with Gasteiger partial charge in [-0.2, -0.15) is 0 Å². The fourth-order valence-corrected chi connectivity index (χ4v) is 9.77. The average Bonchev–Trinajstić information content (AvgIpc) is 3.71. The monoisotopic (exact) mass is 486 g/mol. The molecule has 0 heteroatoms. The van der Waals surface area contributed by atoms with Crippen LogP contribution in [0.5, 0.6) is 0 Å². The zero-order valence-corrected chi connectivity index (χ0v) is 22.4. The standard InChI is InChI=1S/C37H42/c1-3-9-29-27(7-1)31(35(23-11-12-23)24-13-14-24)21-33(29)37(19-5-6-20-37)34-22-32(28-8-2-4-10-30(28)34)36(25-15-16-25)26-17-18-26/h1-4,7-10,21-26,33-36H,5-6,11-20H2. The molecular weight excluding hydrogens is 444 g/mol. The first-order valence-electron chi connectivity index (χ1n) is 15.9. The van der Waals surface area contributed by atoms with Crippen LogP contribution in [0.2, 0.25) is 0 Å². The Morgan fingerprint density at radius 1 is 0.514 bits per heavy atom. The smallest absolute Gasteiger partial charge is 0.00954 e. The summed E-state index contributed by atoms with van der Waals surface area (Å²) in [5, 5.41) is 0. The summed E-state index contributed by atoms with van der Waals surface area (Å²) >= 11 is 0. The van der Waals surface area contributed by atoms with Crippen molar-refractivity contribution in [3.63, 3.8) is 0 Å². The van der Waals surface area contributed by atoms with E-state index >= 15 is 0 Å². The van der Waals surface area contributed by atoms with E-state index in [1.807, 2.05) is 0 Å². The lowest BCUT2D eigenvalue weighted by molar-refractivity contribution is 0.232. The highest BCUT2D eigenvalue weighted by Crippen LogP contribution is 2.67. The van der Waals surface area contributed by atoms with E-state index in [4.69, 9.17) is 0 Å². The van der Waals surface area contributed by atoms with Gasteiger partial charge < -0.3 is 0 Å². The minimum Gasteiger partial charge on any atom is -0.0723 e. The molecule has 0 radical (unpaired) electrons. The summed E-state index contributed by atoms with van der Waals surface area (Å²) in [5.74, 6) is 6.78. The lowest BCUT2D eigenvalue weighted by Gasteiger charge is -2.41. The van der Waals surface area contributed by atoms with Crippen molar-refractivity contribution in [2.24, 2.45) is 40.9 Å². The van der Waals surface area contributed by atoms with Crippen LogP contribution < -0.4 is 0 Å². The van der Waals surface area contributed by atoms with Gasteiger partial charge in [-0.1, -0.05) is 73.5 Å². The van der Waals surface area contributed by atoms with Crippen LogP contribution >= 0.6 is 0 Å². The fraction of sp³-hybridized carbons (Fsp3) is 0.568. The Morgan fingerprint density at radius 2 is 0.892 bits per heavy atom. The SMILES string of the molecule is C1=C(C(C2CC2)C2CC2)c2ccccc2C1C1(C2C=C(C(C3CC3)C3CC3)c3ccccc32)CCCC1. The summed E-state index contributed by atoms with van der Waals surface area (Å²) in [4.78, 5) is 0. The summed E-state index contributed by atoms with van der Waals surface area (Å²) in [5.41, 5.74) is 10.6. The van der Waals surface area contributed by atoms with Gasteiger partial charge in [-0.15, -0.1) is 0 Å². The van der Waals surface area contributed by atoms with Crippen molar-refractivity contribution in [3.05, 3.63) is 82.9 Å². The van der Waals surface area contributed by atoms with Gasteiger partial charge in [0.2, 0.25) is 0 Å². The molecule has 0 N–H and O–H groups in total. The van der Waals surface area contributed by atoms with Crippen LogP contribution in [0.15, 0.2) is 60.7 Å². The van der Waals surface area contributed by atoms with Gasteiger partial charge in [-0.05, 0) is 139 Å². The molecule has 2 atom stereocenters. The van der Waals surface area contributed by atoms with Crippen LogP contribution in [0, 0.1) is 40.9 Å². The summed E-state index contributed by atoms with van der Waals surface area (Å²) in [6, 6.07) is 19.4. The normalized spacial score (nSPS) is 30.0. The fourth-order valence-electron chi connectivity index (χ4n) is 9.77. The maximum atomic E-state index is 2.88. The Balaban J connectivity index is 1.19. The number of hydrogen-bond acceptors (Lipinski definition) is 0. The second-order valence-corrected chi connectivity index (χ2v) is 14.2. The zero-order chi connectivity index (χ0) is 24.1. The zero-order valence-electron chi connectivity index (χ0n) is 22.4. The van der Waals surface area contributed by atoms with Crippen molar-refractivity contribution >= 4 is 11.1 Å². The molecule has 0 saturated heterocycles. The number of allylic oxidation sites excluding steroid dienone is 4. The van der Waals surface area contributed by atoms with E-state index < -0.39 is 0 Å². The minimum atomic E-state index is 0.352. The van der Waals surface area contributed by atoms with Gasteiger partial charge in [0.25, 0.3) is 0 Å². The maximum absolute atomic E-state index is 2.88. The molecule has 2 unspecified atom stereocenters. The molecule has 2 aromatic carbocycles. The molecule has 9 rings (SSSR count). The highest BCUT2D eigenvalue weighted by atomic mass is 14.6. The summed E-state index contributed by atoms with van der Waals surface area (Å²) < 4.78 is 0. The van der Waals surface area contributed by atoms with Gasteiger partial charge in [0, 0.05) is 11.8 Å². The first kappa shape index (κ1) is 21.8. The molecule has 37 heavy (non-hydrogen) atoms. The molecule has 5 fully saturated rings. The third kappa shape index (κ3) is 3.39. The van der Waals surface area contributed by atoms with Crippen LogP contribution in [-0.4, -0.2) is 0 Å². The Kier molecular flexibility index (Phi) is 4.70. The number of hydrogen-bond donors (Lipinski definition) is 0. The largest absolute Gasteiger partial charge is 0.0723 e. The molecule has 2 aromatic rings. The molecule has 7 aliphatic carbocycles. The lowest BCUT2D eigenvalue weighted by Crippen LogP contribution is -2.30. The predicted octanol–water partition coefficient (Wildman–Crippen LogP) is 9.78. The average molecular weight is 487 g/mol. The van der Waals surface area contributed by atoms with Crippen LogP contribution in [-0.2, 0) is 0 Å². The van der Waals surface area contributed by atoms with Gasteiger partial charge >= 0.3 is 0 Å². The van der Waals surface area contributed by atoms with E-state index in [1.54, 1.807) is 33.4 Å². The van der Waals surface area contributed by atoms with Crippen LogP contribution in [0.4, 0.5) is 0 Å². The number of benzene rings is 2. The van der Waals surface area contributed by atoms with E-state index in [-0.39, 0.29) is 0 Å². The van der Waals surface area contributed by atoms with Crippen LogP contribution in [0.25, 0.3) is 11.1 Å². The topological polar surface area (TPSA) is 0 Å². The van der Waals surface area contributed by atoms with Gasteiger partial charge in [-0.3, -0.25) is 0 Å². The second kappa shape index (κ2) is 7.97. The van der Waals surface area contributed by atoms with Crippen molar-refractivity contribution in [1.29, 1.82) is 0 Å². The summed E-state index contributed by atoms with van der Waals surface area (Å²) in [6.07, 6.45) is 23.2.